The van der Waals surface area contributed by atoms with Gasteiger partial charge in [-0.15, -0.1) is 0 Å². The second-order valence-electron chi connectivity index (χ2n) is 4.87. The van der Waals surface area contributed by atoms with Crippen molar-refractivity contribution in [3.8, 4) is 0 Å². The first-order valence-corrected chi connectivity index (χ1v) is 4.85. The highest BCUT2D eigenvalue weighted by molar-refractivity contribution is 4.86. The lowest BCUT2D eigenvalue weighted by Gasteiger charge is -2.37. The van der Waals surface area contributed by atoms with E-state index >= 15 is 0 Å². The van der Waals surface area contributed by atoms with Crippen LogP contribution in [-0.2, 0) is 4.74 Å². The molecule has 0 aromatic heterocycles. The first-order valence-electron chi connectivity index (χ1n) is 4.85. The van der Waals surface area contributed by atoms with Crippen molar-refractivity contribution in [1.82, 2.24) is 5.32 Å². The van der Waals surface area contributed by atoms with Gasteiger partial charge in [0, 0.05) is 11.6 Å². The molecule has 1 rings (SSSR count). The van der Waals surface area contributed by atoms with Crippen LogP contribution in [0.4, 0.5) is 0 Å². The molecular weight excluding hydrogens is 150 g/mol. The molecule has 1 N–H and O–H groups in total. The first-order chi connectivity index (χ1) is 5.49. The van der Waals surface area contributed by atoms with Crippen molar-refractivity contribution >= 4 is 0 Å². The van der Waals surface area contributed by atoms with Crippen molar-refractivity contribution in [3.63, 3.8) is 0 Å². The van der Waals surface area contributed by atoms with Gasteiger partial charge in [-0.3, -0.25) is 0 Å². The van der Waals surface area contributed by atoms with Crippen molar-refractivity contribution in [2.45, 2.75) is 45.7 Å². The number of ether oxygens (including phenoxy) is 1. The Balaban J connectivity index is 2.36. The summed E-state index contributed by atoms with van der Waals surface area (Å²) >= 11 is 0. The van der Waals surface area contributed by atoms with Gasteiger partial charge in [0.05, 0.1) is 13.2 Å². The second kappa shape index (κ2) is 3.75. The Kier molecular flexibility index (Phi) is 3.13. The maximum atomic E-state index is 5.54. The Morgan fingerprint density at radius 3 is 2.67 bits per heavy atom. The van der Waals surface area contributed by atoms with Crippen LogP contribution in [0.2, 0.25) is 0 Å². The van der Waals surface area contributed by atoms with E-state index in [1.807, 2.05) is 0 Å². The van der Waals surface area contributed by atoms with Crippen LogP contribution in [0.15, 0.2) is 0 Å². The van der Waals surface area contributed by atoms with Gasteiger partial charge >= 0.3 is 0 Å². The lowest BCUT2D eigenvalue weighted by Crippen LogP contribution is -2.55. The fourth-order valence-corrected chi connectivity index (χ4v) is 1.79. The van der Waals surface area contributed by atoms with Gasteiger partial charge in [-0.1, -0.05) is 13.8 Å². The third-order valence-corrected chi connectivity index (χ3v) is 2.13. The molecule has 0 aromatic carbocycles. The molecule has 0 aliphatic carbocycles. The molecule has 1 saturated heterocycles. The predicted molar refractivity (Wildman–Crippen MR) is 51.3 cm³/mol. The van der Waals surface area contributed by atoms with E-state index in [2.05, 4.69) is 33.0 Å². The van der Waals surface area contributed by atoms with Gasteiger partial charge in [-0.05, 0) is 26.2 Å². The van der Waals surface area contributed by atoms with Gasteiger partial charge in [0.2, 0.25) is 0 Å². The topological polar surface area (TPSA) is 21.3 Å². The van der Waals surface area contributed by atoms with E-state index in [1.165, 1.54) is 6.42 Å². The molecule has 0 spiro atoms. The summed E-state index contributed by atoms with van der Waals surface area (Å²) in [6, 6.07) is 0.550. The van der Waals surface area contributed by atoms with Crippen LogP contribution >= 0.6 is 0 Å². The van der Waals surface area contributed by atoms with Gasteiger partial charge < -0.3 is 10.1 Å². The highest BCUT2D eigenvalue weighted by Gasteiger charge is 2.27. The van der Waals surface area contributed by atoms with Crippen LogP contribution in [0.1, 0.15) is 34.1 Å². The number of nitrogens with one attached hydrogen (secondary N) is 1. The van der Waals surface area contributed by atoms with Crippen LogP contribution in [-0.4, -0.2) is 24.8 Å². The monoisotopic (exact) mass is 171 g/mol. The van der Waals surface area contributed by atoms with E-state index in [0.717, 1.165) is 19.1 Å². The molecule has 12 heavy (non-hydrogen) atoms. The summed E-state index contributed by atoms with van der Waals surface area (Å²) in [5, 5.41) is 3.60. The molecule has 1 aliphatic rings. The molecule has 0 amide bonds. The maximum Gasteiger partial charge on any atom is 0.0643 e. The van der Waals surface area contributed by atoms with Crippen molar-refractivity contribution < 1.29 is 4.74 Å². The quantitative estimate of drug-likeness (QED) is 0.684. The Bertz CT molecular complexity index is 143. The first kappa shape index (κ1) is 10.0. The second-order valence-corrected chi connectivity index (χ2v) is 4.87. The van der Waals surface area contributed by atoms with E-state index in [9.17, 15) is 0 Å². The Morgan fingerprint density at radius 2 is 2.17 bits per heavy atom. The van der Waals surface area contributed by atoms with Gasteiger partial charge in [0.1, 0.15) is 0 Å². The summed E-state index contributed by atoms with van der Waals surface area (Å²) in [6.45, 7) is 10.6. The van der Waals surface area contributed by atoms with Crippen molar-refractivity contribution in [2.24, 2.45) is 5.92 Å². The minimum atomic E-state index is 0.164. The fraction of sp³-hybridized carbons (Fsp3) is 1.00. The Hall–Kier alpha value is -0.0800. The molecule has 0 radical (unpaired) electrons. The van der Waals surface area contributed by atoms with E-state index in [0.29, 0.717) is 6.04 Å². The largest absolute Gasteiger partial charge is 0.378 e. The van der Waals surface area contributed by atoms with E-state index in [1.54, 1.807) is 0 Å². The SMILES string of the molecule is CC(C)C[C@H]1COCC(C)(C)N1. The van der Waals surface area contributed by atoms with Gasteiger partial charge in [-0.25, -0.2) is 0 Å². The van der Waals surface area contributed by atoms with Crippen LogP contribution in [0, 0.1) is 5.92 Å². The standard InChI is InChI=1S/C10H21NO/c1-8(2)5-9-6-12-7-10(3,4)11-9/h8-9,11H,5-7H2,1-4H3/t9-/m0/s1. The van der Waals surface area contributed by atoms with E-state index < -0.39 is 0 Å². The summed E-state index contributed by atoms with van der Waals surface area (Å²) in [6.07, 6.45) is 1.21. The average Bonchev–Trinajstić information content (AvgIpc) is 1.82. The smallest absolute Gasteiger partial charge is 0.0643 e. The average molecular weight is 171 g/mol. The summed E-state index contributed by atoms with van der Waals surface area (Å²) in [5.74, 6) is 0.750. The minimum Gasteiger partial charge on any atom is -0.378 e. The zero-order valence-electron chi connectivity index (χ0n) is 8.68. The molecule has 72 valence electrons. The van der Waals surface area contributed by atoms with Gasteiger partial charge in [0.25, 0.3) is 0 Å². The van der Waals surface area contributed by atoms with Gasteiger partial charge in [-0.2, -0.15) is 0 Å². The van der Waals surface area contributed by atoms with Crippen LogP contribution in [0.25, 0.3) is 0 Å². The van der Waals surface area contributed by atoms with E-state index in [-0.39, 0.29) is 5.54 Å². The third kappa shape index (κ3) is 3.11. The number of hydrogen-bond acceptors (Lipinski definition) is 2. The van der Waals surface area contributed by atoms with E-state index in [4.69, 9.17) is 4.74 Å². The highest BCUT2D eigenvalue weighted by atomic mass is 16.5. The molecule has 0 unspecified atom stereocenters. The summed E-state index contributed by atoms with van der Waals surface area (Å²) in [5.41, 5.74) is 0.164. The molecule has 0 saturated carbocycles. The summed E-state index contributed by atoms with van der Waals surface area (Å²) in [4.78, 5) is 0. The molecule has 2 heteroatoms. The molecular formula is C10H21NO. The van der Waals surface area contributed by atoms with Crippen molar-refractivity contribution in [2.75, 3.05) is 13.2 Å². The zero-order valence-corrected chi connectivity index (χ0v) is 8.68. The Labute approximate surface area is 75.7 Å². The Morgan fingerprint density at radius 1 is 1.50 bits per heavy atom. The van der Waals surface area contributed by atoms with Crippen LogP contribution < -0.4 is 5.32 Å². The normalized spacial score (nSPS) is 29.2. The maximum absolute atomic E-state index is 5.54. The van der Waals surface area contributed by atoms with Crippen molar-refractivity contribution in [3.05, 3.63) is 0 Å². The molecule has 1 heterocycles. The zero-order chi connectivity index (χ0) is 9.19. The van der Waals surface area contributed by atoms with Gasteiger partial charge in [0.15, 0.2) is 0 Å². The lowest BCUT2D eigenvalue weighted by atomic mass is 9.98. The molecule has 0 aromatic rings. The molecule has 0 bridgehead atoms. The van der Waals surface area contributed by atoms with Crippen LogP contribution in [0.3, 0.4) is 0 Å². The molecule has 1 atom stereocenters. The molecule has 1 fully saturated rings. The van der Waals surface area contributed by atoms with Crippen LogP contribution in [0.5, 0.6) is 0 Å². The van der Waals surface area contributed by atoms with Crippen molar-refractivity contribution in [1.29, 1.82) is 0 Å². The number of hydrogen-bond donors (Lipinski definition) is 1. The summed E-state index contributed by atoms with van der Waals surface area (Å²) in [7, 11) is 0. The third-order valence-electron chi connectivity index (χ3n) is 2.13. The lowest BCUT2D eigenvalue weighted by molar-refractivity contribution is 0.00813. The minimum absolute atomic E-state index is 0.164. The molecule has 2 nitrogen and oxygen atoms in total. The summed E-state index contributed by atoms with van der Waals surface area (Å²) < 4.78 is 5.54. The highest BCUT2D eigenvalue weighted by Crippen LogP contribution is 2.15. The molecule has 1 aliphatic heterocycles. The number of morpholine rings is 1. The predicted octanol–water partition coefficient (Wildman–Crippen LogP) is 1.80. The number of rotatable bonds is 2. The fourth-order valence-electron chi connectivity index (χ4n) is 1.79.